The summed E-state index contributed by atoms with van der Waals surface area (Å²) < 4.78 is 0. The average Bonchev–Trinajstić information content (AvgIpc) is 2.84. The molecule has 32 heavy (non-hydrogen) atoms. The number of anilines is 2. The van der Waals surface area contributed by atoms with Gasteiger partial charge in [-0.05, 0) is 25.2 Å². The SMILES string of the molecule is CN1CCN(c2nc3ccccc3cc2-c2cc(-c3ccccc3)nc(N)c2C#N)CC1. The first-order chi connectivity index (χ1) is 15.6. The Balaban J connectivity index is 1.75. The van der Waals surface area contributed by atoms with E-state index in [4.69, 9.17) is 10.7 Å². The Hall–Kier alpha value is -3.95. The van der Waals surface area contributed by atoms with E-state index < -0.39 is 0 Å². The Kier molecular flexibility index (Phi) is 5.18. The third kappa shape index (κ3) is 3.64. The molecule has 1 saturated heterocycles. The molecule has 0 bridgehead atoms. The molecule has 6 heteroatoms. The Labute approximate surface area is 187 Å². The number of benzene rings is 2. The first-order valence-electron chi connectivity index (χ1n) is 10.7. The molecule has 0 aliphatic carbocycles. The molecule has 6 nitrogen and oxygen atoms in total. The summed E-state index contributed by atoms with van der Waals surface area (Å²) in [5, 5.41) is 11.0. The Morgan fingerprint density at radius 2 is 1.59 bits per heavy atom. The van der Waals surface area contributed by atoms with E-state index in [9.17, 15) is 5.26 Å². The zero-order valence-corrected chi connectivity index (χ0v) is 18.0. The summed E-state index contributed by atoms with van der Waals surface area (Å²) in [5.74, 6) is 1.12. The van der Waals surface area contributed by atoms with Gasteiger partial charge in [0.05, 0.1) is 11.2 Å². The number of nitrogens with two attached hydrogens (primary N) is 1. The number of hydrogen-bond donors (Lipinski definition) is 1. The second-order valence-electron chi connectivity index (χ2n) is 8.14. The Morgan fingerprint density at radius 3 is 2.34 bits per heavy atom. The van der Waals surface area contributed by atoms with Crippen LogP contribution < -0.4 is 10.6 Å². The van der Waals surface area contributed by atoms with Crippen LogP contribution in [0.25, 0.3) is 33.3 Å². The molecule has 0 saturated carbocycles. The number of nitrogens with zero attached hydrogens (tertiary/aromatic N) is 5. The van der Waals surface area contributed by atoms with Crippen LogP contribution in [0.3, 0.4) is 0 Å². The number of para-hydroxylation sites is 1. The molecule has 0 radical (unpaired) electrons. The molecular weight excluding hydrogens is 396 g/mol. The monoisotopic (exact) mass is 420 g/mol. The summed E-state index contributed by atoms with van der Waals surface area (Å²) in [6.07, 6.45) is 0. The van der Waals surface area contributed by atoms with Gasteiger partial charge in [0.1, 0.15) is 23.3 Å². The molecular formula is C26H24N6. The quantitative estimate of drug-likeness (QED) is 0.536. The minimum atomic E-state index is 0.237. The van der Waals surface area contributed by atoms with Gasteiger partial charge in [-0.15, -0.1) is 0 Å². The minimum absolute atomic E-state index is 0.237. The van der Waals surface area contributed by atoms with Crippen LogP contribution in [-0.4, -0.2) is 48.1 Å². The van der Waals surface area contributed by atoms with Crippen molar-refractivity contribution in [2.75, 3.05) is 43.9 Å². The zero-order chi connectivity index (χ0) is 22.1. The van der Waals surface area contributed by atoms with E-state index in [1.54, 1.807) is 0 Å². The maximum atomic E-state index is 9.96. The van der Waals surface area contributed by atoms with Crippen molar-refractivity contribution in [2.45, 2.75) is 0 Å². The number of fused-ring (bicyclic) bond motifs is 1. The second kappa shape index (κ2) is 8.29. The fraction of sp³-hybridized carbons (Fsp3) is 0.192. The lowest BCUT2D eigenvalue weighted by Crippen LogP contribution is -2.45. The van der Waals surface area contributed by atoms with Gasteiger partial charge in [-0.1, -0.05) is 48.5 Å². The number of rotatable bonds is 3. The second-order valence-corrected chi connectivity index (χ2v) is 8.14. The minimum Gasteiger partial charge on any atom is -0.383 e. The normalized spacial score (nSPS) is 14.4. The average molecular weight is 421 g/mol. The van der Waals surface area contributed by atoms with E-state index in [1.807, 2.05) is 60.7 Å². The van der Waals surface area contributed by atoms with E-state index in [-0.39, 0.29) is 5.82 Å². The summed E-state index contributed by atoms with van der Waals surface area (Å²) in [6, 6.07) is 24.4. The molecule has 5 rings (SSSR count). The van der Waals surface area contributed by atoms with E-state index in [0.29, 0.717) is 5.56 Å². The maximum Gasteiger partial charge on any atom is 0.142 e. The van der Waals surface area contributed by atoms with Crippen molar-refractivity contribution in [1.82, 2.24) is 14.9 Å². The van der Waals surface area contributed by atoms with Gasteiger partial charge in [0.2, 0.25) is 0 Å². The topological polar surface area (TPSA) is 82.1 Å². The third-order valence-electron chi connectivity index (χ3n) is 6.03. The third-order valence-corrected chi connectivity index (χ3v) is 6.03. The molecule has 2 aromatic carbocycles. The predicted molar refractivity (Wildman–Crippen MR) is 129 cm³/mol. The van der Waals surface area contributed by atoms with Gasteiger partial charge in [-0.25, -0.2) is 9.97 Å². The van der Waals surface area contributed by atoms with E-state index in [0.717, 1.165) is 65.3 Å². The number of pyridine rings is 2. The molecule has 2 aromatic heterocycles. The molecule has 0 unspecified atom stereocenters. The molecule has 1 aliphatic rings. The standard InChI is InChI=1S/C26H24N6/c1-31-11-13-32(14-12-31)26-21(15-19-9-5-6-10-23(19)30-26)20-16-24(18-7-3-2-4-8-18)29-25(28)22(20)17-27/h2-10,15-16H,11-14H2,1H3,(H2,28,29). The first kappa shape index (κ1) is 20.0. The molecule has 0 spiro atoms. The van der Waals surface area contributed by atoms with Gasteiger partial charge in [-0.2, -0.15) is 5.26 Å². The zero-order valence-electron chi connectivity index (χ0n) is 18.0. The Morgan fingerprint density at radius 1 is 0.875 bits per heavy atom. The van der Waals surface area contributed by atoms with Crippen molar-refractivity contribution in [3.05, 3.63) is 72.3 Å². The fourth-order valence-corrected chi connectivity index (χ4v) is 4.21. The molecule has 0 amide bonds. The van der Waals surface area contributed by atoms with Crippen molar-refractivity contribution in [2.24, 2.45) is 0 Å². The summed E-state index contributed by atoms with van der Waals surface area (Å²) in [5.41, 5.74) is 11.0. The van der Waals surface area contributed by atoms with Crippen LogP contribution in [0.2, 0.25) is 0 Å². The maximum absolute atomic E-state index is 9.96. The number of hydrogen-bond acceptors (Lipinski definition) is 6. The summed E-state index contributed by atoms with van der Waals surface area (Å²) in [6.45, 7) is 3.69. The molecule has 1 aliphatic heterocycles. The van der Waals surface area contributed by atoms with Gasteiger partial charge in [0.25, 0.3) is 0 Å². The van der Waals surface area contributed by atoms with Crippen LogP contribution in [-0.2, 0) is 0 Å². The van der Waals surface area contributed by atoms with Crippen LogP contribution in [0, 0.1) is 11.3 Å². The Bertz CT molecular complexity index is 1320. The first-order valence-corrected chi connectivity index (χ1v) is 10.7. The van der Waals surface area contributed by atoms with Gasteiger partial charge in [-0.3, -0.25) is 0 Å². The lowest BCUT2D eigenvalue weighted by atomic mass is 9.97. The van der Waals surface area contributed by atoms with Crippen LogP contribution in [0.5, 0.6) is 0 Å². The fourth-order valence-electron chi connectivity index (χ4n) is 4.21. The summed E-state index contributed by atoms with van der Waals surface area (Å²) in [4.78, 5) is 14.2. The molecule has 3 heterocycles. The van der Waals surface area contributed by atoms with Gasteiger partial charge in [0, 0.05) is 48.3 Å². The van der Waals surface area contributed by atoms with Crippen LogP contribution in [0.4, 0.5) is 11.6 Å². The lowest BCUT2D eigenvalue weighted by molar-refractivity contribution is 0.312. The molecule has 4 aromatic rings. The van der Waals surface area contributed by atoms with Crippen molar-refractivity contribution in [1.29, 1.82) is 5.26 Å². The van der Waals surface area contributed by atoms with Crippen molar-refractivity contribution in [3.8, 4) is 28.5 Å². The van der Waals surface area contributed by atoms with Crippen LogP contribution in [0.15, 0.2) is 66.7 Å². The van der Waals surface area contributed by atoms with Gasteiger partial charge in [0.15, 0.2) is 0 Å². The number of aromatic nitrogens is 2. The van der Waals surface area contributed by atoms with E-state index in [1.165, 1.54) is 0 Å². The number of likely N-dealkylation sites (N-methyl/N-ethyl adjacent to an activating group) is 1. The largest absolute Gasteiger partial charge is 0.383 e. The molecule has 2 N–H and O–H groups in total. The van der Waals surface area contributed by atoms with Crippen molar-refractivity contribution in [3.63, 3.8) is 0 Å². The lowest BCUT2D eigenvalue weighted by Gasteiger charge is -2.34. The summed E-state index contributed by atoms with van der Waals surface area (Å²) >= 11 is 0. The molecule has 1 fully saturated rings. The molecule has 158 valence electrons. The predicted octanol–water partition coefficient (Wildman–Crippen LogP) is 4.17. The van der Waals surface area contributed by atoms with Gasteiger partial charge >= 0.3 is 0 Å². The smallest absolute Gasteiger partial charge is 0.142 e. The number of nitrogen functional groups attached to an aromatic ring is 1. The van der Waals surface area contributed by atoms with Gasteiger partial charge < -0.3 is 15.5 Å². The number of nitriles is 1. The highest BCUT2D eigenvalue weighted by molar-refractivity contribution is 5.93. The van der Waals surface area contributed by atoms with E-state index in [2.05, 4.69) is 34.0 Å². The van der Waals surface area contributed by atoms with E-state index >= 15 is 0 Å². The molecule has 0 atom stereocenters. The van der Waals surface area contributed by atoms with Crippen molar-refractivity contribution >= 4 is 22.5 Å². The highest BCUT2D eigenvalue weighted by Gasteiger charge is 2.23. The number of piperazine rings is 1. The summed E-state index contributed by atoms with van der Waals surface area (Å²) in [7, 11) is 2.13. The van der Waals surface area contributed by atoms with Crippen LogP contribution in [0.1, 0.15) is 5.56 Å². The highest BCUT2D eigenvalue weighted by Crippen LogP contribution is 2.38. The van der Waals surface area contributed by atoms with Crippen molar-refractivity contribution < 1.29 is 0 Å². The highest BCUT2D eigenvalue weighted by atomic mass is 15.3. The van der Waals surface area contributed by atoms with Crippen LogP contribution >= 0.6 is 0 Å².